The fourth-order valence-electron chi connectivity index (χ4n) is 3.12. The van der Waals surface area contributed by atoms with Crippen molar-refractivity contribution < 1.29 is 22.6 Å². The number of nitrogens with two attached hydrogens (primary N) is 1. The zero-order chi connectivity index (χ0) is 15.2. The number of likely N-dealkylation sites (tertiary alicyclic amines) is 1. The van der Waals surface area contributed by atoms with E-state index >= 15 is 0 Å². The van der Waals surface area contributed by atoms with E-state index in [0.29, 0.717) is 25.3 Å². The van der Waals surface area contributed by atoms with Gasteiger partial charge in [-0.25, -0.2) is 0 Å². The van der Waals surface area contributed by atoms with Gasteiger partial charge in [0.25, 0.3) is 0 Å². The minimum atomic E-state index is -4.42. The van der Waals surface area contributed by atoms with Gasteiger partial charge in [0.2, 0.25) is 6.79 Å². The Balaban J connectivity index is 2.04. The molecule has 21 heavy (non-hydrogen) atoms. The fourth-order valence-corrected chi connectivity index (χ4v) is 3.12. The van der Waals surface area contributed by atoms with Crippen molar-refractivity contribution in [3.8, 4) is 11.5 Å². The largest absolute Gasteiger partial charge is 0.454 e. The molecule has 1 aromatic rings. The lowest BCUT2D eigenvalue weighted by molar-refractivity contribution is -0.138. The van der Waals surface area contributed by atoms with Crippen molar-refractivity contribution in [2.24, 2.45) is 11.7 Å². The van der Waals surface area contributed by atoms with Crippen molar-refractivity contribution >= 4 is 0 Å². The second-order valence-electron chi connectivity index (χ2n) is 5.58. The molecule has 2 aliphatic rings. The van der Waals surface area contributed by atoms with E-state index < -0.39 is 11.7 Å². The molecule has 1 saturated heterocycles. The smallest absolute Gasteiger partial charge is 0.416 e. The minimum Gasteiger partial charge on any atom is -0.454 e. The van der Waals surface area contributed by atoms with Crippen molar-refractivity contribution in [3.05, 3.63) is 23.3 Å². The predicted molar refractivity (Wildman–Crippen MR) is 70.1 cm³/mol. The Hall–Kier alpha value is -1.47. The molecule has 0 spiro atoms. The summed E-state index contributed by atoms with van der Waals surface area (Å²) in [6.45, 7) is 1.14. The lowest BCUT2D eigenvalue weighted by atomic mass is 9.94. The van der Waals surface area contributed by atoms with E-state index in [2.05, 4.69) is 0 Å². The highest BCUT2D eigenvalue weighted by Gasteiger charge is 2.40. The summed E-state index contributed by atoms with van der Waals surface area (Å²) >= 11 is 0. The normalized spacial score (nSPS) is 25.6. The van der Waals surface area contributed by atoms with Gasteiger partial charge in [-0.1, -0.05) is 0 Å². The summed E-state index contributed by atoms with van der Waals surface area (Å²) < 4.78 is 50.3. The van der Waals surface area contributed by atoms with E-state index in [4.69, 9.17) is 15.2 Å². The van der Waals surface area contributed by atoms with E-state index in [9.17, 15) is 13.2 Å². The van der Waals surface area contributed by atoms with E-state index in [1.807, 2.05) is 11.9 Å². The number of hydrogen-bond donors (Lipinski definition) is 1. The van der Waals surface area contributed by atoms with E-state index in [0.717, 1.165) is 6.07 Å². The Bertz CT molecular complexity index is 548. The monoisotopic (exact) mass is 302 g/mol. The summed E-state index contributed by atoms with van der Waals surface area (Å²) in [5.74, 6) is 0.746. The van der Waals surface area contributed by atoms with Gasteiger partial charge in [0.15, 0.2) is 11.5 Å². The molecule has 4 nitrogen and oxygen atoms in total. The summed E-state index contributed by atoms with van der Waals surface area (Å²) in [6.07, 6.45) is -3.80. The van der Waals surface area contributed by atoms with Crippen molar-refractivity contribution in [2.45, 2.75) is 18.6 Å². The summed E-state index contributed by atoms with van der Waals surface area (Å²) in [5.41, 5.74) is 5.25. The molecule has 0 aliphatic carbocycles. The van der Waals surface area contributed by atoms with Crippen LogP contribution in [0.4, 0.5) is 13.2 Å². The van der Waals surface area contributed by atoms with Crippen LogP contribution in [-0.2, 0) is 6.18 Å². The zero-order valence-electron chi connectivity index (χ0n) is 11.6. The molecule has 116 valence electrons. The van der Waals surface area contributed by atoms with Crippen LogP contribution in [0.1, 0.15) is 23.6 Å². The van der Waals surface area contributed by atoms with Crippen LogP contribution >= 0.6 is 0 Å². The molecule has 2 unspecified atom stereocenters. The molecular weight excluding hydrogens is 285 g/mol. The zero-order valence-corrected chi connectivity index (χ0v) is 11.6. The van der Waals surface area contributed by atoms with Crippen molar-refractivity contribution in [3.63, 3.8) is 0 Å². The number of rotatable bonds is 2. The van der Waals surface area contributed by atoms with Crippen LogP contribution in [0.5, 0.6) is 11.5 Å². The third-order valence-electron chi connectivity index (χ3n) is 4.18. The van der Waals surface area contributed by atoms with Crippen molar-refractivity contribution in [1.29, 1.82) is 0 Å². The van der Waals surface area contributed by atoms with Gasteiger partial charge in [0.1, 0.15) is 0 Å². The van der Waals surface area contributed by atoms with Crippen LogP contribution in [0.2, 0.25) is 0 Å². The maximum Gasteiger partial charge on any atom is 0.416 e. The SMILES string of the molecule is CN1CC(CN)CC1c1cc2c(cc1C(F)(F)F)OCO2. The van der Waals surface area contributed by atoms with Crippen LogP contribution in [0.3, 0.4) is 0 Å². The number of nitrogens with zero attached hydrogens (tertiary/aromatic N) is 1. The van der Waals surface area contributed by atoms with Crippen LogP contribution in [0, 0.1) is 5.92 Å². The molecule has 3 rings (SSSR count). The van der Waals surface area contributed by atoms with Gasteiger partial charge < -0.3 is 15.2 Å². The van der Waals surface area contributed by atoms with Crippen LogP contribution < -0.4 is 15.2 Å². The second kappa shape index (κ2) is 5.06. The minimum absolute atomic E-state index is 0.0397. The number of alkyl halides is 3. The standard InChI is InChI=1S/C14H17F3N2O2/c1-19-6-8(5-18)2-11(19)9-3-12-13(21-7-20-12)4-10(9)14(15,16)17/h3-4,8,11H,2,5-7,18H2,1H3. The summed E-state index contributed by atoms with van der Waals surface area (Å²) in [5, 5.41) is 0. The van der Waals surface area contributed by atoms with Gasteiger partial charge in [0.05, 0.1) is 5.56 Å². The summed E-state index contributed by atoms with van der Waals surface area (Å²) in [6, 6.07) is 2.21. The van der Waals surface area contributed by atoms with Gasteiger partial charge in [0, 0.05) is 12.6 Å². The molecule has 7 heteroatoms. The predicted octanol–water partition coefficient (Wildman–Crippen LogP) is 2.39. The Kier molecular flexibility index (Phi) is 3.49. The number of halogens is 3. The molecule has 0 saturated carbocycles. The average Bonchev–Trinajstić information content (AvgIpc) is 3.01. The molecule has 2 N–H and O–H groups in total. The molecule has 2 atom stereocenters. The first kappa shape index (κ1) is 14.5. The molecule has 0 aromatic heterocycles. The molecule has 0 radical (unpaired) electrons. The van der Waals surface area contributed by atoms with E-state index in [-0.39, 0.29) is 30.1 Å². The van der Waals surface area contributed by atoms with Crippen LogP contribution in [0.15, 0.2) is 12.1 Å². The van der Waals surface area contributed by atoms with Crippen LogP contribution in [0.25, 0.3) is 0 Å². The highest BCUT2D eigenvalue weighted by atomic mass is 19.4. The topological polar surface area (TPSA) is 47.7 Å². The molecule has 0 bridgehead atoms. The van der Waals surface area contributed by atoms with Crippen molar-refractivity contribution in [1.82, 2.24) is 4.90 Å². The van der Waals surface area contributed by atoms with Gasteiger partial charge in [-0.05, 0) is 43.6 Å². The first-order valence-corrected chi connectivity index (χ1v) is 6.81. The average molecular weight is 302 g/mol. The van der Waals surface area contributed by atoms with Gasteiger partial charge in [-0.2, -0.15) is 13.2 Å². The molecule has 2 heterocycles. The highest BCUT2D eigenvalue weighted by molar-refractivity contribution is 5.51. The number of fused-ring (bicyclic) bond motifs is 1. The second-order valence-corrected chi connectivity index (χ2v) is 5.58. The third kappa shape index (κ3) is 2.55. The first-order chi connectivity index (χ1) is 9.90. The Morgan fingerprint density at radius 3 is 2.52 bits per heavy atom. The number of hydrogen-bond acceptors (Lipinski definition) is 4. The first-order valence-electron chi connectivity index (χ1n) is 6.81. The lowest BCUT2D eigenvalue weighted by Crippen LogP contribution is -2.22. The third-order valence-corrected chi connectivity index (χ3v) is 4.18. The molecule has 1 aromatic carbocycles. The maximum absolute atomic E-state index is 13.3. The Labute approximate surface area is 120 Å². The van der Waals surface area contributed by atoms with E-state index in [1.165, 1.54) is 6.07 Å². The summed E-state index contributed by atoms with van der Waals surface area (Å²) in [7, 11) is 1.82. The van der Waals surface area contributed by atoms with Gasteiger partial charge in [-0.3, -0.25) is 4.90 Å². The quantitative estimate of drug-likeness (QED) is 0.911. The maximum atomic E-state index is 13.3. The molecular formula is C14H17F3N2O2. The molecule has 0 amide bonds. The van der Waals surface area contributed by atoms with Crippen molar-refractivity contribution in [2.75, 3.05) is 26.9 Å². The highest BCUT2D eigenvalue weighted by Crippen LogP contribution is 2.46. The van der Waals surface area contributed by atoms with Gasteiger partial charge >= 0.3 is 6.18 Å². The number of benzene rings is 1. The fraction of sp³-hybridized carbons (Fsp3) is 0.571. The molecule has 2 aliphatic heterocycles. The summed E-state index contributed by atoms with van der Waals surface area (Å²) in [4.78, 5) is 1.92. The molecule has 1 fully saturated rings. The lowest BCUT2D eigenvalue weighted by Gasteiger charge is -2.24. The van der Waals surface area contributed by atoms with Crippen LogP contribution in [-0.4, -0.2) is 31.8 Å². The van der Waals surface area contributed by atoms with Gasteiger partial charge in [-0.15, -0.1) is 0 Å². The number of ether oxygens (including phenoxy) is 2. The Morgan fingerprint density at radius 1 is 1.29 bits per heavy atom. The Morgan fingerprint density at radius 2 is 1.95 bits per heavy atom. The van der Waals surface area contributed by atoms with E-state index in [1.54, 1.807) is 0 Å².